The van der Waals surface area contributed by atoms with Gasteiger partial charge in [0.05, 0.1) is 11.5 Å². The second kappa shape index (κ2) is 5.57. The summed E-state index contributed by atoms with van der Waals surface area (Å²) in [6, 6.07) is 3.04. The van der Waals surface area contributed by atoms with Crippen molar-refractivity contribution in [2.75, 3.05) is 0 Å². The molecule has 7 N–H and O–H groups in total. The van der Waals surface area contributed by atoms with Crippen molar-refractivity contribution in [3.05, 3.63) is 24.0 Å². The van der Waals surface area contributed by atoms with Crippen molar-refractivity contribution in [2.45, 2.75) is 105 Å². The first-order valence-electron chi connectivity index (χ1n) is 12.5. The molecular formula is C25H33NO10. The minimum Gasteiger partial charge on any atom is -0.451 e. The van der Waals surface area contributed by atoms with Crippen molar-refractivity contribution in [1.82, 2.24) is 4.98 Å². The Bertz CT molecular complexity index is 1220. The van der Waals surface area contributed by atoms with Crippen molar-refractivity contribution in [1.29, 1.82) is 0 Å². The number of aliphatic hydroxyl groups is 6. The smallest absolute Gasteiger partial charge is 0.355 e. The van der Waals surface area contributed by atoms with Crippen molar-refractivity contribution >= 4 is 5.97 Å². The van der Waals surface area contributed by atoms with Gasteiger partial charge in [-0.1, -0.05) is 20.8 Å². The van der Waals surface area contributed by atoms with Gasteiger partial charge in [-0.05, 0) is 31.9 Å². The van der Waals surface area contributed by atoms with E-state index >= 15 is 0 Å². The minimum absolute atomic E-state index is 0.0531. The molecule has 8 rings (SSSR count). The van der Waals surface area contributed by atoms with Crippen LogP contribution in [0.2, 0.25) is 0 Å². The Labute approximate surface area is 207 Å². The number of H-pyrrole nitrogens is 1. The summed E-state index contributed by atoms with van der Waals surface area (Å²) in [5, 5.41) is 74.5. The fraction of sp³-hybridized carbons (Fsp3) is 0.800. The average molecular weight is 508 g/mol. The number of ether oxygens (including phenoxy) is 3. The number of aromatic amines is 1. The van der Waals surface area contributed by atoms with E-state index in [0.29, 0.717) is 0 Å². The van der Waals surface area contributed by atoms with Crippen molar-refractivity contribution in [3.8, 4) is 0 Å². The molecule has 1 spiro atoms. The van der Waals surface area contributed by atoms with Gasteiger partial charge in [-0.25, -0.2) is 4.79 Å². The summed E-state index contributed by atoms with van der Waals surface area (Å²) in [7, 11) is 0. The average Bonchev–Trinajstić information content (AvgIpc) is 3.10. The highest BCUT2D eigenvalue weighted by Gasteiger charge is 3.11. The van der Waals surface area contributed by atoms with Gasteiger partial charge in [-0.2, -0.15) is 0 Å². The van der Waals surface area contributed by atoms with Crippen molar-refractivity contribution in [2.24, 2.45) is 16.7 Å². The first-order chi connectivity index (χ1) is 16.4. The summed E-state index contributed by atoms with van der Waals surface area (Å²) in [6.07, 6.45) is -3.06. The van der Waals surface area contributed by atoms with Crippen LogP contribution in [-0.2, 0) is 14.2 Å². The molecule has 1 aromatic heterocycles. The molecular weight excluding hydrogens is 474 g/mol. The Balaban J connectivity index is 1.55. The standard InChI is InChI=1S/C25H33NO10/c1-11(2)22(31)16(34-14(27)12-7-6-8-26-12)23(32)17(3)10-21(30)19(22,5)25(23,33)24(36-21)15(28)18(4)13(35-18)9-20(17,24)29/h6-8,11,13,15-16,26,28-33H,9-10H2,1-5H3/t13-,15-,16+,17-,18-,19-,20-,21+,22+,23+,24+,25+/m0/s1. The van der Waals surface area contributed by atoms with Crippen LogP contribution in [0.1, 0.15) is 57.9 Å². The summed E-state index contributed by atoms with van der Waals surface area (Å²) in [6.45, 7) is 7.70. The summed E-state index contributed by atoms with van der Waals surface area (Å²) in [4.78, 5) is 15.9. The molecule has 1 aromatic rings. The molecule has 3 saturated heterocycles. The summed E-state index contributed by atoms with van der Waals surface area (Å²) in [5.74, 6) is -3.99. The number of esters is 1. The van der Waals surface area contributed by atoms with Crippen molar-refractivity contribution in [3.63, 3.8) is 0 Å². The molecule has 0 unspecified atom stereocenters. The number of hydrogen-bond acceptors (Lipinski definition) is 10. The third-order valence-electron chi connectivity index (χ3n) is 11.8. The summed E-state index contributed by atoms with van der Waals surface area (Å²) >= 11 is 0. The maximum atomic E-state index is 13.2. The number of carbonyl (C=O) groups is 1. The fourth-order valence-electron chi connectivity index (χ4n) is 9.87. The number of aliphatic hydroxyl groups excluding tert-OH is 1. The lowest BCUT2D eigenvalue weighted by molar-refractivity contribution is -0.386. The molecule has 0 radical (unpaired) electrons. The molecule has 0 aromatic carbocycles. The molecule has 11 nitrogen and oxygen atoms in total. The Kier molecular flexibility index (Phi) is 3.64. The Morgan fingerprint density at radius 2 is 1.83 bits per heavy atom. The van der Waals surface area contributed by atoms with E-state index in [2.05, 4.69) is 4.98 Å². The van der Waals surface area contributed by atoms with Crippen LogP contribution >= 0.6 is 0 Å². The molecule has 4 heterocycles. The molecule has 12 atom stereocenters. The van der Waals surface area contributed by atoms with Crippen LogP contribution in [0.25, 0.3) is 0 Å². The number of epoxide rings is 1. The second-order valence-corrected chi connectivity index (χ2v) is 12.8. The number of fused-ring (bicyclic) bond motifs is 1. The third-order valence-corrected chi connectivity index (χ3v) is 11.8. The van der Waals surface area contributed by atoms with Gasteiger partial charge in [-0.3, -0.25) is 0 Å². The number of rotatable bonds is 3. The third kappa shape index (κ3) is 1.60. The molecule has 4 aliphatic carbocycles. The highest BCUT2D eigenvalue weighted by Crippen LogP contribution is 2.91. The van der Waals surface area contributed by atoms with Gasteiger partial charge in [0.15, 0.2) is 17.5 Å². The number of aromatic nitrogens is 1. The Morgan fingerprint density at radius 1 is 1.17 bits per heavy atom. The molecule has 4 saturated carbocycles. The highest BCUT2D eigenvalue weighted by molar-refractivity contribution is 5.87. The second-order valence-electron chi connectivity index (χ2n) is 12.8. The molecule has 0 amide bonds. The number of hydrogen-bond donors (Lipinski definition) is 7. The summed E-state index contributed by atoms with van der Waals surface area (Å²) in [5.41, 5.74) is -17.0. The lowest BCUT2D eigenvalue weighted by atomic mass is 9.52. The van der Waals surface area contributed by atoms with Gasteiger partial charge >= 0.3 is 5.97 Å². The van der Waals surface area contributed by atoms with Crippen LogP contribution in [0.3, 0.4) is 0 Å². The number of nitrogens with one attached hydrogen (secondary N) is 1. The van der Waals surface area contributed by atoms with Gasteiger partial charge in [0.25, 0.3) is 0 Å². The SMILES string of the molecule is CC(C)[C@@]1(O)[C@@H](OC(=O)c2ccc[nH]2)[C@@]2(O)[C@@]3(C)C[C@@]4(O)O[C@@]5([C@@H](O)[C@@]6(C)O[C@H]6C[C@]35O)[C@@]2(O)[C@@]41C. The van der Waals surface area contributed by atoms with E-state index in [0.717, 1.165) is 0 Å². The van der Waals surface area contributed by atoms with Gasteiger partial charge in [0.1, 0.15) is 39.8 Å². The molecule has 7 fully saturated rings. The molecule has 198 valence electrons. The zero-order chi connectivity index (χ0) is 26.3. The van der Waals surface area contributed by atoms with Crippen LogP contribution in [0, 0.1) is 16.7 Å². The minimum atomic E-state index is -2.66. The van der Waals surface area contributed by atoms with E-state index in [1.54, 1.807) is 26.8 Å². The molecule has 7 aliphatic rings. The van der Waals surface area contributed by atoms with E-state index in [-0.39, 0.29) is 12.1 Å². The van der Waals surface area contributed by atoms with E-state index < -0.39 is 86.8 Å². The van der Waals surface area contributed by atoms with Gasteiger partial charge in [0, 0.05) is 24.5 Å². The Hall–Kier alpha value is -1.57. The fourth-order valence-corrected chi connectivity index (χ4v) is 9.87. The topological polar surface area (TPSA) is 185 Å². The predicted molar refractivity (Wildman–Crippen MR) is 118 cm³/mol. The molecule has 11 heteroatoms. The lowest BCUT2D eigenvalue weighted by Crippen LogP contribution is -2.77. The van der Waals surface area contributed by atoms with Crippen LogP contribution in [-0.4, -0.2) is 99.3 Å². The first kappa shape index (κ1) is 23.5. The quantitative estimate of drug-likeness (QED) is 0.197. The van der Waals surface area contributed by atoms with Crippen molar-refractivity contribution < 1.29 is 49.6 Å². The van der Waals surface area contributed by atoms with Crippen LogP contribution in [0.5, 0.6) is 0 Å². The van der Waals surface area contributed by atoms with E-state index in [4.69, 9.17) is 14.2 Å². The largest absolute Gasteiger partial charge is 0.451 e. The Morgan fingerprint density at radius 3 is 2.42 bits per heavy atom. The van der Waals surface area contributed by atoms with Gasteiger partial charge < -0.3 is 49.8 Å². The highest BCUT2D eigenvalue weighted by atomic mass is 16.7. The van der Waals surface area contributed by atoms with Crippen LogP contribution in [0.4, 0.5) is 0 Å². The number of carbonyl (C=O) groups excluding carboxylic acids is 1. The maximum absolute atomic E-state index is 13.2. The zero-order valence-corrected chi connectivity index (χ0v) is 20.8. The normalized spacial score (nSPS) is 63.5. The van der Waals surface area contributed by atoms with Gasteiger partial charge in [-0.15, -0.1) is 0 Å². The first-order valence-corrected chi connectivity index (χ1v) is 12.5. The zero-order valence-electron chi connectivity index (χ0n) is 20.8. The molecule has 6 bridgehead atoms. The molecule has 3 aliphatic heterocycles. The maximum Gasteiger partial charge on any atom is 0.355 e. The van der Waals surface area contributed by atoms with Gasteiger partial charge in [0.2, 0.25) is 0 Å². The van der Waals surface area contributed by atoms with Crippen LogP contribution < -0.4 is 0 Å². The summed E-state index contributed by atoms with van der Waals surface area (Å²) < 4.78 is 17.8. The van der Waals surface area contributed by atoms with E-state index in [1.807, 2.05) is 0 Å². The molecule has 36 heavy (non-hydrogen) atoms. The van der Waals surface area contributed by atoms with Crippen LogP contribution in [0.15, 0.2) is 18.3 Å². The lowest BCUT2D eigenvalue weighted by Gasteiger charge is -2.59. The van der Waals surface area contributed by atoms with E-state index in [9.17, 15) is 35.4 Å². The monoisotopic (exact) mass is 507 g/mol. The predicted octanol–water partition coefficient (Wildman–Crippen LogP) is -1.06. The van der Waals surface area contributed by atoms with E-state index in [1.165, 1.54) is 26.1 Å².